The van der Waals surface area contributed by atoms with E-state index >= 15 is 0 Å². The molecular formula is C27H46N2. The summed E-state index contributed by atoms with van der Waals surface area (Å²) in [5, 5.41) is 0. The minimum atomic E-state index is 0. The monoisotopic (exact) mass is 398 g/mol. The van der Waals surface area contributed by atoms with E-state index in [1.807, 2.05) is 0 Å². The van der Waals surface area contributed by atoms with Crippen LogP contribution >= 0.6 is 0 Å². The van der Waals surface area contributed by atoms with Gasteiger partial charge in [-0.25, -0.2) is 0 Å². The van der Waals surface area contributed by atoms with Crippen LogP contribution in [-0.2, 0) is 0 Å². The lowest BCUT2D eigenvalue weighted by molar-refractivity contribution is 0.0560. The molecule has 0 radical (unpaired) electrons. The van der Waals surface area contributed by atoms with Crippen LogP contribution < -0.4 is 0 Å². The standard InChI is InChI=1S/2C12H17N.3CH4/c1-10(2)13-8-12(9-13)11-6-4-3-5-7-11;1-10(2)13-9-8-12(13)11-6-4-3-5-7-11;;;/h2*3-7,10,12H,8-9H2,1-2H3;3*1H4. The van der Waals surface area contributed by atoms with E-state index in [1.165, 1.54) is 37.2 Å². The molecule has 0 bridgehead atoms. The van der Waals surface area contributed by atoms with E-state index in [0.717, 1.165) is 5.92 Å². The molecule has 2 nitrogen and oxygen atoms in total. The number of benzene rings is 2. The lowest BCUT2D eigenvalue weighted by Gasteiger charge is -2.44. The van der Waals surface area contributed by atoms with Crippen molar-refractivity contribution >= 4 is 0 Å². The fourth-order valence-electron chi connectivity index (χ4n) is 3.93. The molecule has 0 amide bonds. The van der Waals surface area contributed by atoms with E-state index in [4.69, 9.17) is 0 Å². The van der Waals surface area contributed by atoms with Crippen molar-refractivity contribution in [3.05, 3.63) is 71.8 Å². The summed E-state index contributed by atoms with van der Waals surface area (Å²) in [6.45, 7) is 12.8. The zero-order chi connectivity index (χ0) is 18.5. The van der Waals surface area contributed by atoms with Gasteiger partial charge in [0.25, 0.3) is 0 Å². The van der Waals surface area contributed by atoms with E-state index in [0.29, 0.717) is 18.1 Å². The number of rotatable bonds is 4. The molecule has 164 valence electrons. The van der Waals surface area contributed by atoms with Crippen molar-refractivity contribution in [1.82, 2.24) is 9.80 Å². The van der Waals surface area contributed by atoms with Gasteiger partial charge in [-0.15, -0.1) is 0 Å². The summed E-state index contributed by atoms with van der Waals surface area (Å²) < 4.78 is 0. The maximum atomic E-state index is 2.55. The molecule has 1 atom stereocenters. The fraction of sp³-hybridized carbons (Fsp3) is 0.556. The Balaban J connectivity index is 0.000000490. The van der Waals surface area contributed by atoms with Gasteiger partial charge in [-0.2, -0.15) is 0 Å². The zero-order valence-corrected chi connectivity index (χ0v) is 16.8. The normalized spacial score (nSPS) is 18.9. The molecule has 0 aliphatic carbocycles. The lowest BCUT2D eigenvalue weighted by Crippen LogP contribution is -2.48. The van der Waals surface area contributed by atoms with Gasteiger partial charge in [0, 0.05) is 43.7 Å². The third-order valence-electron chi connectivity index (χ3n) is 5.82. The number of nitrogens with zero attached hydrogens (tertiary/aromatic N) is 2. The molecule has 2 heterocycles. The van der Waals surface area contributed by atoms with E-state index < -0.39 is 0 Å². The van der Waals surface area contributed by atoms with Gasteiger partial charge < -0.3 is 0 Å². The van der Waals surface area contributed by atoms with Crippen molar-refractivity contribution in [2.45, 2.75) is 80.4 Å². The summed E-state index contributed by atoms with van der Waals surface area (Å²) in [5.74, 6) is 0.781. The average molecular weight is 399 g/mol. The zero-order valence-electron chi connectivity index (χ0n) is 16.8. The maximum absolute atomic E-state index is 2.55. The molecule has 0 N–H and O–H groups in total. The second-order valence-corrected chi connectivity index (χ2v) is 8.20. The summed E-state index contributed by atoms with van der Waals surface area (Å²) >= 11 is 0. The summed E-state index contributed by atoms with van der Waals surface area (Å²) in [5.41, 5.74) is 2.97. The molecule has 0 spiro atoms. The predicted molar refractivity (Wildman–Crippen MR) is 132 cm³/mol. The third-order valence-corrected chi connectivity index (χ3v) is 5.82. The van der Waals surface area contributed by atoms with Crippen LogP contribution in [0.15, 0.2) is 60.7 Å². The van der Waals surface area contributed by atoms with Gasteiger partial charge in [0.15, 0.2) is 0 Å². The predicted octanol–water partition coefficient (Wildman–Crippen LogP) is 7.24. The Morgan fingerprint density at radius 1 is 0.690 bits per heavy atom. The molecular weight excluding hydrogens is 352 g/mol. The first-order valence-corrected chi connectivity index (χ1v) is 10.2. The summed E-state index contributed by atoms with van der Waals surface area (Å²) in [4.78, 5) is 5.06. The third kappa shape index (κ3) is 6.97. The average Bonchev–Trinajstić information content (AvgIpc) is 2.54. The highest BCUT2D eigenvalue weighted by molar-refractivity contribution is 5.23. The van der Waals surface area contributed by atoms with Crippen LogP contribution in [0.2, 0.25) is 0 Å². The Bertz CT molecular complexity index is 645. The highest BCUT2D eigenvalue weighted by atomic mass is 15.2. The molecule has 1 unspecified atom stereocenters. The van der Waals surface area contributed by atoms with Gasteiger partial charge in [0.2, 0.25) is 0 Å². The van der Waals surface area contributed by atoms with Gasteiger partial charge in [0.1, 0.15) is 0 Å². The number of hydrogen-bond acceptors (Lipinski definition) is 2. The van der Waals surface area contributed by atoms with Crippen molar-refractivity contribution in [3.8, 4) is 0 Å². The number of likely N-dealkylation sites (tertiary alicyclic amines) is 2. The molecule has 2 heteroatoms. The van der Waals surface area contributed by atoms with Crippen LogP contribution in [-0.4, -0.2) is 41.5 Å². The molecule has 0 saturated carbocycles. The van der Waals surface area contributed by atoms with Crippen molar-refractivity contribution in [2.24, 2.45) is 0 Å². The molecule has 2 aliphatic heterocycles. The Morgan fingerprint density at radius 2 is 1.17 bits per heavy atom. The van der Waals surface area contributed by atoms with Crippen molar-refractivity contribution < 1.29 is 0 Å². The van der Waals surface area contributed by atoms with Crippen molar-refractivity contribution in [3.63, 3.8) is 0 Å². The van der Waals surface area contributed by atoms with E-state index in [1.54, 1.807) is 0 Å². The second kappa shape index (κ2) is 12.8. The number of hydrogen-bond donors (Lipinski definition) is 0. The van der Waals surface area contributed by atoms with E-state index in [9.17, 15) is 0 Å². The van der Waals surface area contributed by atoms with Crippen molar-refractivity contribution in [1.29, 1.82) is 0 Å². The maximum Gasteiger partial charge on any atom is 0.0363 e. The van der Waals surface area contributed by atoms with Crippen LogP contribution in [0.25, 0.3) is 0 Å². The minimum Gasteiger partial charge on any atom is -0.300 e. The smallest absolute Gasteiger partial charge is 0.0363 e. The topological polar surface area (TPSA) is 6.48 Å². The lowest BCUT2D eigenvalue weighted by atomic mass is 9.90. The van der Waals surface area contributed by atoms with Crippen LogP contribution in [0.1, 0.15) is 79.5 Å². The van der Waals surface area contributed by atoms with Gasteiger partial charge >= 0.3 is 0 Å². The summed E-state index contributed by atoms with van der Waals surface area (Å²) in [7, 11) is 0. The van der Waals surface area contributed by atoms with Crippen LogP contribution in [0.5, 0.6) is 0 Å². The Morgan fingerprint density at radius 3 is 1.55 bits per heavy atom. The first-order valence-electron chi connectivity index (χ1n) is 10.2. The molecule has 2 aliphatic rings. The summed E-state index contributed by atoms with van der Waals surface area (Å²) in [6.07, 6.45) is 1.32. The molecule has 2 fully saturated rings. The Labute approximate surface area is 181 Å². The minimum absolute atomic E-state index is 0. The summed E-state index contributed by atoms with van der Waals surface area (Å²) in [6, 6.07) is 23.7. The van der Waals surface area contributed by atoms with Gasteiger partial charge in [-0.05, 0) is 45.2 Å². The fourth-order valence-corrected chi connectivity index (χ4v) is 3.93. The highest BCUT2D eigenvalue weighted by Crippen LogP contribution is 2.34. The molecule has 2 aromatic carbocycles. The Kier molecular flexibility index (Phi) is 12.1. The van der Waals surface area contributed by atoms with E-state index in [2.05, 4.69) is 98.2 Å². The quantitative estimate of drug-likeness (QED) is 0.535. The van der Waals surface area contributed by atoms with Crippen molar-refractivity contribution in [2.75, 3.05) is 19.6 Å². The highest BCUT2D eigenvalue weighted by Gasteiger charge is 2.30. The van der Waals surface area contributed by atoms with Crippen LogP contribution in [0.3, 0.4) is 0 Å². The molecule has 2 aromatic rings. The first-order chi connectivity index (χ1) is 12.6. The molecule has 4 rings (SSSR count). The van der Waals surface area contributed by atoms with E-state index in [-0.39, 0.29) is 22.3 Å². The molecule has 0 aromatic heterocycles. The van der Waals surface area contributed by atoms with Crippen LogP contribution in [0.4, 0.5) is 0 Å². The van der Waals surface area contributed by atoms with Gasteiger partial charge in [-0.1, -0.05) is 82.9 Å². The first kappa shape index (κ1) is 27.4. The second-order valence-electron chi connectivity index (χ2n) is 8.20. The van der Waals surface area contributed by atoms with Gasteiger partial charge in [0.05, 0.1) is 0 Å². The van der Waals surface area contributed by atoms with Gasteiger partial charge in [-0.3, -0.25) is 9.80 Å². The van der Waals surface area contributed by atoms with Crippen LogP contribution in [0, 0.1) is 0 Å². The SMILES string of the molecule is C.C.C.CC(C)N1CC(c2ccccc2)C1.CC(C)N1CCC1c1ccccc1. The Hall–Kier alpha value is -1.64. The molecule has 2 saturated heterocycles. The molecule has 29 heavy (non-hydrogen) atoms. The largest absolute Gasteiger partial charge is 0.300 e.